The summed E-state index contributed by atoms with van der Waals surface area (Å²) in [7, 11) is 0. The van der Waals surface area contributed by atoms with Gasteiger partial charge in [-0.05, 0) is 36.5 Å². The lowest BCUT2D eigenvalue weighted by molar-refractivity contribution is 0.0781. The fraction of sp³-hybridized carbons (Fsp3) is 0.312. The van der Waals surface area contributed by atoms with Crippen molar-refractivity contribution in [2.75, 3.05) is 18.8 Å². The topological polar surface area (TPSA) is 112 Å². The summed E-state index contributed by atoms with van der Waals surface area (Å²) in [5.74, 6) is -0.512. The first-order chi connectivity index (χ1) is 11.4. The number of rotatable bonds is 3. The van der Waals surface area contributed by atoms with Crippen LogP contribution >= 0.6 is 0 Å². The molecule has 1 atom stereocenters. The van der Waals surface area contributed by atoms with Crippen molar-refractivity contribution in [3.8, 4) is 0 Å². The number of carbonyl (C=O) groups is 1. The molecule has 1 aliphatic rings. The lowest BCUT2D eigenvalue weighted by Crippen LogP contribution is -2.35. The Morgan fingerprint density at radius 1 is 1.25 bits per heavy atom. The number of hydrogen-bond acceptors (Lipinski definition) is 4. The molecule has 24 heavy (non-hydrogen) atoms. The summed E-state index contributed by atoms with van der Waals surface area (Å²) in [6.07, 6.45) is 1.52. The molecule has 8 heteroatoms. The summed E-state index contributed by atoms with van der Waals surface area (Å²) in [5, 5.41) is 0. The second-order valence-corrected chi connectivity index (χ2v) is 5.93. The Hall–Kier alpha value is -2.90. The second kappa shape index (κ2) is 6.31. The number of likely N-dealkylation sites (tertiary alicyclic amines) is 1. The highest BCUT2D eigenvalue weighted by Crippen LogP contribution is 2.22. The minimum atomic E-state index is -0.774. The van der Waals surface area contributed by atoms with Gasteiger partial charge in [-0.2, -0.15) is 0 Å². The molecule has 1 aromatic carbocycles. The molecule has 4 N–H and O–H groups in total. The van der Waals surface area contributed by atoms with Gasteiger partial charge in [-0.3, -0.25) is 14.6 Å². The maximum absolute atomic E-state index is 12.9. The molecule has 1 amide bonds. The number of nitrogens with two attached hydrogens (primary N) is 1. The van der Waals surface area contributed by atoms with Crippen LogP contribution in [0.3, 0.4) is 0 Å². The number of amides is 1. The highest BCUT2D eigenvalue weighted by Gasteiger charge is 2.29. The monoisotopic (exact) mass is 332 g/mol. The van der Waals surface area contributed by atoms with Crippen molar-refractivity contribution in [2.45, 2.75) is 12.8 Å². The number of aromatic nitrogens is 2. The molecule has 2 aromatic rings. The van der Waals surface area contributed by atoms with Gasteiger partial charge in [0.1, 0.15) is 17.2 Å². The van der Waals surface area contributed by atoms with Crippen molar-refractivity contribution in [3.63, 3.8) is 0 Å². The van der Waals surface area contributed by atoms with E-state index in [-0.39, 0.29) is 23.1 Å². The van der Waals surface area contributed by atoms with Gasteiger partial charge in [0.2, 0.25) is 0 Å². The molecule has 1 fully saturated rings. The van der Waals surface area contributed by atoms with Crippen molar-refractivity contribution >= 4 is 11.6 Å². The number of H-pyrrole nitrogens is 2. The van der Waals surface area contributed by atoms with Crippen LogP contribution < -0.4 is 17.0 Å². The molecule has 0 spiro atoms. The van der Waals surface area contributed by atoms with E-state index in [0.717, 1.165) is 18.4 Å². The average Bonchev–Trinajstić information content (AvgIpc) is 3.01. The highest BCUT2D eigenvalue weighted by atomic mass is 19.1. The van der Waals surface area contributed by atoms with Crippen LogP contribution in [0.15, 0.2) is 33.9 Å². The van der Waals surface area contributed by atoms with Crippen LogP contribution in [0.25, 0.3) is 0 Å². The van der Waals surface area contributed by atoms with Gasteiger partial charge in [-0.1, -0.05) is 12.1 Å². The Labute approximate surface area is 136 Å². The largest absolute Gasteiger partial charge is 0.392 e. The molecule has 7 nitrogen and oxygen atoms in total. The summed E-state index contributed by atoms with van der Waals surface area (Å²) >= 11 is 0. The number of nitrogen functional groups attached to an aromatic ring is 1. The molecule has 1 unspecified atom stereocenters. The van der Waals surface area contributed by atoms with Crippen LogP contribution in [0, 0.1) is 11.7 Å². The summed E-state index contributed by atoms with van der Waals surface area (Å²) in [5.41, 5.74) is 4.59. The van der Waals surface area contributed by atoms with Crippen LogP contribution in [0.4, 0.5) is 10.1 Å². The maximum Gasteiger partial charge on any atom is 0.326 e. The normalized spacial score (nSPS) is 17.2. The van der Waals surface area contributed by atoms with Crippen molar-refractivity contribution in [1.29, 1.82) is 0 Å². The minimum Gasteiger partial charge on any atom is -0.392 e. The van der Waals surface area contributed by atoms with Gasteiger partial charge in [-0.25, -0.2) is 9.18 Å². The molecule has 1 saturated heterocycles. The zero-order valence-corrected chi connectivity index (χ0v) is 12.8. The first kappa shape index (κ1) is 16.0. The number of halogens is 1. The molecule has 3 rings (SSSR count). The molecule has 1 aromatic heterocycles. The van der Waals surface area contributed by atoms with E-state index in [0.29, 0.717) is 13.1 Å². The summed E-state index contributed by atoms with van der Waals surface area (Å²) in [4.78, 5) is 41.2. The molecule has 0 radical (unpaired) electrons. The molecule has 126 valence electrons. The molecular formula is C16H17FN4O3. The Morgan fingerprint density at radius 3 is 2.67 bits per heavy atom. The van der Waals surface area contributed by atoms with E-state index in [1.165, 1.54) is 12.1 Å². The predicted octanol–water partition coefficient (Wildman–Crippen LogP) is 0.489. The fourth-order valence-electron chi connectivity index (χ4n) is 2.96. The first-order valence-electron chi connectivity index (χ1n) is 7.60. The smallest absolute Gasteiger partial charge is 0.326 e. The maximum atomic E-state index is 12.9. The number of nitrogens with one attached hydrogen (secondary N) is 2. The third kappa shape index (κ3) is 3.22. The summed E-state index contributed by atoms with van der Waals surface area (Å²) < 4.78 is 12.9. The van der Waals surface area contributed by atoms with Crippen LogP contribution in [0.1, 0.15) is 22.5 Å². The average molecular weight is 332 g/mol. The van der Waals surface area contributed by atoms with Crippen LogP contribution in [-0.4, -0.2) is 33.9 Å². The lowest BCUT2D eigenvalue weighted by Gasteiger charge is -2.17. The number of anilines is 1. The van der Waals surface area contributed by atoms with Gasteiger partial charge in [0.25, 0.3) is 11.5 Å². The van der Waals surface area contributed by atoms with Gasteiger partial charge in [0, 0.05) is 13.1 Å². The van der Waals surface area contributed by atoms with Gasteiger partial charge in [0.15, 0.2) is 0 Å². The van der Waals surface area contributed by atoms with Gasteiger partial charge in [0.05, 0.1) is 0 Å². The van der Waals surface area contributed by atoms with E-state index >= 15 is 0 Å². The van der Waals surface area contributed by atoms with Crippen LogP contribution in [-0.2, 0) is 6.42 Å². The zero-order valence-electron chi connectivity index (χ0n) is 12.8. The number of aromatic amines is 2. The van der Waals surface area contributed by atoms with Gasteiger partial charge < -0.3 is 15.6 Å². The Balaban J connectivity index is 1.71. The highest BCUT2D eigenvalue weighted by molar-refractivity contribution is 5.96. The number of carbonyl (C=O) groups excluding carboxylic acids is 1. The molecule has 1 aliphatic heterocycles. The first-order valence-corrected chi connectivity index (χ1v) is 7.60. The van der Waals surface area contributed by atoms with E-state index in [1.807, 2.05) is 4.98 Å². The second-order valence-electron chi connectivity index (χ2n) is 5.93. The Kier molecular flexibility index (Phi) is 4.20. The SMILES string of the molecule is Nc1c(C(=O)N2CCC(Cc3ccc(F)cc3)C2)[nH]c(=O)[nH]c1=O. The minimum absolute atomic E-state index is 0.175. The van der Waals surface area contributed by atoms with E-state index in [9.17, 15) is 18.8 Å². The van der Waals surface area contributed by atoms with E-state index < -0.39 is 17.2 Å². The molecule has 0 aliphatic carbocycles. The predicted molar refractivity (Wildman–Crippen MR) is 86.2 cm³/mol. The zero-order chi connectivity index (χ0) is 17.3. The number of benzene rings is 1. The van der Waals surface area contributed by atoms with Crippen molar-refractivity contribution in [1.82, 2.24) is 14.9 Å². The van der Waals surface area contributed by atoms with Crippen molar-refractivity contribution in [3.05, 3.63) is 62.2 Å². The third-order valence-corrected chi connectivity index (χ3v) is 4.20. The fourth-order valence-corrected chi connectivity index (χ4v) is 2.96. The standard InChI is InChI=1S/C16H17FN4O3/c17-11-3-1-9(2-4-11)7-10-5-6-21(8-10)15(23)13-12(18)14(22)20-16(24)19-13/h1-4,10H,5-8,18H2,(H2,19,20,22,24). The van der Waals surface area contributed by atoms with E-state index in [4.69, 9.17) is 5.73 Å². The Morgan fingerprint density at radius 2 is 1.96 bits per heavy atom. The number of hydrogen-bond donors (Lipinski definition) is 3. The summed E-state index contributed by atoms with van der Waals surface area (Å²) in [6, 6.07) is 6.28. The van der Waals surface area contributed by atoms with Gasteiger partial charge >= 0.3 is 5.69 Å². The van der Waals surface area contributed by atoms with Crippen LogP contribution in [0.2, 0.25) is 0 Å². The van der Waals surface area contributed by atoms with Gasteiger partial charge in [-0.15, -0.1) is 0 Å². The summed E-state index contributed by atoms with van der Waals surface area (Å²) in [6.45, 7) is 1.00. The Bertz CT molecular complexity index is 872. The lowest BCUT2D eigenvalue weighted by atomic mass is 9.99. The quantitative estimate of drug-likeness (QED) is 0.759. The van der Waals surface area contributed by atoms with E-state index in [1.54, 1.807) is 17.0 Å². The molecule has 0 saturated carbocycles. The van der Waals surface area contributed by atoms with E-state index in [2.05, 4.69) is 4.98 Å². The van der Waals surface area contributed by atoms with Crippen molar-refractivity contribution < 1.29 is 9.18 Å². The van der Waals surface area contributed by atoms with Crippen LogP contribution in [0.5, 0.6) is 0 Å². The van der Waals surface area contributed by atoms with Crippen molar-refractivity contribution in [2.24, 2.45) is 5.92 Å². The third-order valence-electron chi connectivity index (χ3n) is 4.20. The molecular weight excluding hydrogens is 315 g/mol. The number of nitrogens with zero attached hydrogens (tertiary/aromatic N) is 1. The molecule has 0 bridgehead atoms. The molecule has 2 heterocycles.